The maximum atomic E-state index is 11.2. The van der Waals surface area contributed by atoms with Crippen molar-refractivity contribution < 1.29 is 9.90 Å². The third-order valence-electron chi connectivity index (χ3n) is 3.32. The Balaban J connectivity index is 2.09. The molecule has 1 aromatic heterocycles. The Labute approximate surface area is 136 Å². The van der Waals surface area contributed by atoms with Gasteiger partial charge in [-0.05, 0) is 17.7 Å². The number of carboxylic acid groups (broad SMARTS) is 1. The largest absolute Gasteiger partial charge is 0.476 e. The summed E-state index contributed by atoms with van der Waals surface area (Å²) >= 11 is 3.51. The molecule has 1 heterocycles. The molecule has 3 rings (SSSR count). The Hall–Kier alpha value is -2.40. The van der Waals surface area contributed by atoms with Gasteiger partial charge in [-0.25, -0.2) is 4.79 Å². The van der Waals surface area contributed by atoms with Crippen molar-refractivity contribution in [1.82, 2.24) is 9.78 Å². The van der Waals surface area contributed by atoms with E-state index in [1.807, 2.05) is 54.6 Å². The number of nitrogens with zero attached hydrogens (tertiary/aromatic N) is 2. The van der Waals surface area contributed by atoms with Crippen LogP contribution in [0.4, 0.5) is 0 Å². The first-order valence-corrected chi connectivity index (χ1v) is 7.54. The fourth-order valence-electron chi connectivity index (χ4n) is 2.28. The quantitative estimate of drug-likeness (QED) is 0.766. The van der Waals surface area contributed by atoms with Crippen molar-refractivity contribution in [1.29, 1.82) is 0 Å². The van der Waals surface area contributed by atoms with E-state index in [2.05, 4.69) is 21.0 Å². The lowest BCUT2D eigenvalue weighted by atomic mass is 10.1. The van der Waals surface area contributed by atoms with Crippen molar-refractivity contribution in [2.45, 2.75) is 6.54 Å². The maximum Gasteiger partial charge on any atom is 0.356 e. The highest BCUT2D eigenvalue weighted by Crippen LogP contribution is 2.29. The summed E-state index contributed by atoms with van der Waals surface area (Å²) in [6, 6.07) is 19.1. The van der Waals surface area contributed by atoms with Crippen molar-refractivity contribution in [3.05, 3.63) is 76.4 Å². The molecule has 0 fully saturated rings. The van der Waals surface area contributed by atoms with E-state index in [0.717, 1.165) is 21.3 Å². The van der Waals surface area contributed by atoms with Gasteiger partial charge in [-0.2, -0.15) is 5.10 Å². The predicted molar refractivity (Wildman–Crippen MR) is 87.9 cm³/mol. The van der Waals surface area contributed by atoms with E-state index in [-0.39, 0.29) is 5.69 Å². The van der Waals surface area contributed by atoms with Crippen LogP contribution in [-0.2, 0) is 6.54 Å². The van der Waals surface area contributed by atoms with Gasteiger partial charge in [0.15, 0.2) is 5.69 Å². The number of aromatic carboxylic acids is 1. The van der Waals surface area contributed by atoms with E-state index in [4.69, 9.17) is 0 Å². The minimum absolute atomic E-state index is 0.0432. The summed E-state index contributed by atoms with van der Waals surface area (Å²) < 4.78 is 2.62. The van der Waals surface area contributed by atoms with Gasteiger partial charge < -0.3 is 5.11 Å². The highest BCUT2D eigenvalue weighted by Gasteiger charge is 2.16. The first kappa shape index (κ1) is 14.5. The summed E-state index contributed by atoms with van der Waals surface area (Å²) in [7, 11) is 0. The Morgan fingerprint density at radius 2 is 1.77 bits per heavy atom. The van der Waals surface area contributed by atoms with Gasteiger partial charge in [0.2, 0.25) is 0 Å². The normalized spacial score (nSPS) is 10.6. The second-order valence-electron chi connectivity index (χ2n) is 4.84. The fraction of sp³-hybridized carbons (Fsp3) is 0.0588. The van der Waals surface area contributed by atoms with Gasteiger partial charge in [0.1, 0.15) is 0 Å². The summed E-state index contributed by atoms with van der Waals surface area (Å²) in [5.41, 5.74) is 2.80. The highest BCUT2D eigenvalue weighted by molar-refractivity contribution is 9.10. The number of carbonyl (C=O) groups is 1. The van der Waals surface area contributed by atoms with Crippen LogP contribution in [0.2, 0.25) is 0 Å². The second kappa shape index (κ2) is 6.15. The van der Waals surface area contributed by atoms with Crippen LogP contribution in [-0.4, -0.2) is 20.9 Å². The molecule has 0 saturated carbocycles. The number of carboxylic acids is 1. The van der Waals surface area contributed by atoms with E-state index >= 15 is 0 Å². The molecule has 0 spiro atoms. The topological polar surface area (TPSA) is 55.1 Å². The van der Waals surface area contributed by atoms with Crippen molar-refractivity contribution in [3.8, 4) is 11.3 Å². The highest BCUT2D eigenvalue weighted by atomic mass is 79.9. The molecule has 22 heavy (non-hydrogen) atoms. The molecule has 5 heteroatoms. The summed E-state index contributed by atoms with van der Waals surface area (Å²) in [5, 5.41) is 13.4. The molecular formula is C17H13BrN2O2. The smallest absolute Gasteiger partial charge is 0.356 e. The second-order valence-corrected chi connectivity index (χ2v) is 5.70. The lowest BCUT2D eigenvalue weighted by Crippen LogP contribution is -2.06. The molecule has 1 N–H and O–H groups in total. The van der Waals surface area contributed by atoms with Gasteiger partial charge in [-0.3, -0.25) is 4.68 Å². The Bertz CT molecular complexity index is 813. The van der Waals surface area contributed by atoms with Gasteiger partial charge in [0, 0.05) is 10.0 Å². The van der Waals surface area contributed by atoms with Crippen LogP contribution in [0.25, 0.3) is 11.3 Å². The molecule has 0 atom stereocenters. The van der Waals surface area contributed by atoms with Gasteiger partial charge in [-0.1, -0.05) is 64.5 Å². The van der Waals surface area contributed by atoms with Gasteiger partial charge in [0.05, 0.1) is 12.2 Å². The average Bonchev–Trinajstić information content (AvgIpc) is 2.93. The number of aromatic nitrogens is 2. The van der Waals surface area contributed by atoms with Crippen LogP contribution in [0, 0.1) is 0 Å². The number of rotatable bonds is 4. The standard InChI is InChI=1S/C17H13BrN2O2/c18-14-9-5-4-8-13(14)16-10-15(17(21)22)19-20(16)11-12-6-2-1-3-7-12/h1-10H,11H2,(H,21,22). The van der Waals surface area contributed by atoms with Gasteiger partial charge >= 0.3 is 5.97 Å². The monoisotopic (exact) mass is 356 g/mol. The summed E-state index contributed by atoms with van der Waals surface area (Å²) in [4.78, 5) is 11.2. The first-order valence-electron chi connectivity index (χ1n) is 6.75. The summed E-state index contributed by atoms with van der Waals surface area (Å²) in [6.07, 6.45) is 0. The zero-order valence-corrected chi connectivity index (χ0v) is 13.2. The average molecular weight is 357 g/mol. The number of hydrogen-bond acceptors (Lipinski definition) is 2. The number of benzene rings is 2. The Kier molecular flexibility index (Phi) is 4.06. The van der Waals surface area contributed by atoms with Crippen molar-refractivity contribution >= 4 is 21.9 Å². The summed E-state index contributed by atoms with van der Waals surface area (Å²) in [6.45, 7) is 0.519. The van der Waals surface area contributed by atoms with E-state index < -0.39 is 5.97 Å². The molecule has 0 radical (unpaired) electrons. The zero-order chi connectivity index (χ0) is 15.5. The predicted octanol–water partition coefficient (Wildman–Crippen LogP) is 4.06. The maximum absolute atomic E-state index is 11.2. The SMILES string of the molecule is O=C(O)c1cc(-c2ccccc2Br)n(Cc2ccccc2)n1. The van der Waals surface area contributed by atoms with Crippen LogP contribution in [0.15, 0.2) is 65.1 Å². The minimum atomic E-state index is -1.03. The van der Waals surface area contributed by atoms with Crippen molar-refractivity contribution in [2.75, 3.05) is 0 Å². The Morgan fingerprint density at radius 1 is 1.09 bits per heavy atom. The van der Waals surface area contributed by atoms with Crippen LogP contribution >= 0.6 is 15.9 Å². The van der Waals surface area contributed by atoms with E-state index in [9.17, 15) is 9.90 Å². The molecular weight excluding hydrogens is 344 g/mol. The van der Waals surface area contributed by atoms with Crippen LogP contribution in [0.1, 0.15) is 16.1 Å². The van der Waals surface area contributed by atoms with E-state index in [1.54, 1.807) is 10.7 Å². The number of halogens is 1. The van der Waals surface area contributed by atoms with E-state index in [0.29, 0.717) is 6.54 Å². The lowest BCUT2D eigenvalue weighted by molar-refractivity contribution is 0.0689. The molecule has 0 unspecified atom stereocenters. The number of hydrogen-bond donors (Lipinski definition) is 1. The van der Waals surface area contributed by atoms with Crippen LogP contribution in [0.3, 0.4) is 0 Å². The minimum Gasteiger partial charge on any atom is -0.476 e. The van der Waals surface area contributed by atoms with Crippen molar-refractivity contribution in [2.24, 2.45) is 0 Å². The lowest BCUT2D eigenvalue weighted by Gasteiger charge is -2.09. The zero-order valence-electron chi connectivity index (χ0n) is 11.6. The molecule has 0 bridgehead atoms. The molecule has 0 aliphatic rings. The molecule has 0 aliphatic heterocycles. The third kappa shape index (κ3) is 2.94. The third-order valence-corrected chi connectivity index (χ3v) is 4.02. The molecule has 0 amide bonds. The summed E-state index contributed by atoms with van der Waals surface area (Å²) in [5.74, 6) is -1.03. The molecule has 4 nitrogen and oxygen atoms in total. The van der Waals surface area contributed by atoms with Gasteiger partial charge in [0.25, 0.3) is 0 Å². The van der Waals surface area contributed by atoms with Crippen LogP contribution in [0.5, 0.6) is 0 Å². The molecule has 110 valence electrons. The molecule has 0 aliphatic carbocycles. The Morgan fingerprint density at radius 3 is 2.45 bits per heavy atom. The fourth-order valence-corrected chi connectivity index (χ4v) is 2.77. The molecule has 0 saturated heterocycles. The molecule has 3 aromatic rings. The van der Waals surface area contributed by atoms with E-state index in [1.165, 1.54) is 0 Å². The molecule has 2 aromatic carbocycles. The van der Waals surface area contributed by atoms with Crippen molar-refractivity contribution in [3.63, 3.8) is 0 Å². The van der Waals surface area contributed by atoms with Gasteiger partial charge in [-0.15, -0.1) is 0 Å². The first-order chi connectivity index (χ1) is 10.6. The van der Waals surface area contributed by atoms with Crippen LogP contribution < -0.4 is 0 Å².